The van der Waals surface area contributed by atoms with E-state index in [0.717, 1.165) is 36.9 Å². The number of amides is 1. The van der Waals surface area contributed by atoms with Crippen LogP contribution in [0.25, 0.3) is 0 Å². The molecule has 1 aliphatic rings. The summed E-state index contributed by atoms with van der Waals surface area (Å²) in [4.78, 5) is 15.4. The first-order valence-corrected chi connectivity index (χ1v) is 9.67. The van der Waals surface area contributed by atoms with E-state index in [4.69, 9.17) is 23.2 Å². The fraction of sp³-hybridized carbons (Fsp3) is 0.588. The second-order valence-electron chi connectivity index (χ2n) is 6.16. The second-order valence-corrected chi connectivity index (χ2v) is 8.39. The molecule has 1 fully saturated rings. The van der Waals surface area contributed by atoms with Crippen molar-refractivity contribution in [3.8, 4) is 0 Å². The Hall–Kier alpha value is -0.420. The SMILES string of the molecule is CC(Sc1cc(Cl)ccc1Cl)C(=O)NCCC1CCN(C)CC1. The van der Waals surface area contributed by atoms with E-state index < -0.39 is 0 Å². The number of carbonyl (C=O) groups is 1. The Kier molecular flexibility index (Phi) is 7.54. The number of rotatable bonds is 6. The molecule has 1 aromatic rings. The van der Waals surface area contributed by atoms with E-state index in [2.05, 4.69) is 17.3 Å². The largest absolute Gasteiger partial charge is 0.355 e. The molecule has 0 aliphatic carbocycles. The van der Waals surface area contributed by atoms with Gasteiger partial charge in [0.2, 0.25) is 5.91 Å². The number of nitrogens with zero attached hydrogens (tertiary/aromatic N) is 1. The summed E-state index contributed by atoms with van der Waals surface area (Å²) in [6, 6.07) is 5.31. The van der Waals surface area contributed by atoms with Gasteiger partial charge in [-0.3, -0.25) is 4.79 Å². The van der Waals surface area contributed by atoms with Gasteiger partial charge in [-0.2, -0.15) is 0 Å². The van der Waals surface area contributed by atoms with E-state index in [1.165, 1.54) is 24.6 Å². The maximum Gasteiger partial charge on any atom is 0.233 e. The van der Waals surface area contributed by atoms with Crippen LogP contribution in [-0.4, -0.2) is 42.7 Å². The van der Waals surface area contributed by atoms with Gasteiger partial charge in [0.1, 0.15) is 0 Å². The van der Waals surface area contributed by atoms with Crippen LogP contribution in [-0.2, 0) is 4.79 Å². The Labute approximate surface area is 153 Å². The minimum absolute atomic E-state index is 0.0546. The molecule has 1 aromatic carbocycles. The third-order valence-corrected chi connectivity index (χ3v) is 6.09. The van der Waals surface area contributed by atoms with Crippen molar-refractivity contribution < 1.29 is 4.79 Å². The number of hydrogen-bond donors (Lipinski definition) is 1. The van der Waals surface area contributed by atoms with Crippen LogP contribution in [0, 0.1) is 5.92 Å². The molecule has 3 nitrogen and oxygen atoms in total. The summed E-state index contributed by atoms with van der Waals surface area (Å²) in [7, 11) is 2.16. The number of piperidine rings is 1. The Morgan fingerprint density at radius 1 is 1.39 bits per heavy atom. The lowest BCUT2D eigenvalue weighted by molar-refractivity contribution is -0.120. The first-order valence-electron chi connectivity index (χ1n) is 8.03. The quantitative estimate of drug-likeness (QED) is 0.752. The molecule has 0 bridgehead atoms. The minimum atomic E-state index is -0.191. The summed E-state index contributed by atoms with van der Waals surface area (Å²) in [5.74, 6) is 0.788. The Balaban J connectivity index is 1.73. The molecule has 2 rings (SSSR count). The summed E-state index contributed by atoms with van der Waals surface area (Å²) in [6.07, 6.45) is 3.53. The van der Waals surface area contributed by atoms with Gasteiger partial charge in [-0.05, 0) is 70.4 Å². The van der Waals surface area contributed by atoms with Gasteiger partial charge in [-0.1, -0.05) is 23.2 Å². The van der Waals surface area contributed by atoms with Crippen molar-refractivity contribution in [2.45, 2.75) is 36.3 Å². The van der Waals surface area contributed by atoms with Crippen molar-refractivity contribution in [2.24, 2.45) is 5.92 Å². The molecule has 1 amide bonds. The summed E-state index contributed by atoms with van der Waals surface area (Å²) in [6.45, 7) is 4.98. The van der Waals surface area contributed by atoms with Crippen LogP contribution in [0.1, 0.15) is 26.2 Å². The highest BCUT2D eigenvalue weighted by atomic mass is 35.5. The van der Waals surface area contributed by atoms with E-state index >= 15 is 0 Å². The third-order valence-electron chi connectivity index (χ3n) is 4.26. The number of nitrogens with one attached hydrogen (secondary N) is 1. The molecule has 1 aliphatic heterocycles. The van der Waals surface area contributed by atoms with Crippen molar-refractivity contribution in [3.05, 3.63) is 28.2 Å². The molecule has 1 saturated heterocycles. The molecule has 23 heavy (non-hydrogen) atoms. The summed E-state index contributed by atoms with van der Waals surface area (Å²) in [5.41, 5.74) is 0. The third kappa shape index (κ3) is 6.18. The molecular formula is C17H24Cl2N2OS. The number of benzene rings is 1. The van der Waals surface area contributed by atoms with E-state index in [9.17, 15) is 4.79 Å². The number of hydrogen-bond acceptors (Lipinski definition) is 3. The summed E-state index contributed by atoms with van der Waals surface area (Å²) in [5, 5.41) is 4.12. The number of carbonyl (C=O) groups excluding carboxylic acids is 1. The first kappa shape index (κ1) is 18.9. The first-order chi connectivity index (χ1) is 11.0. The highest BCUT2D eigenvalue weighted by molar-refractivity contribution is 8.00. The lowest BCUT2D eigenvalue weighted by Crippen LogP contribution is -2.35. The van der Waals surface area contributed by atoms with Crippen molar-refractivity contribution in [2.75, 3.05) is 26.7 Å². The van der Waals surface area contributed by atoms with Gasteiger partial charge in [-0.15, -0.1) is 11.8 Å². The Bertz CT molecular complexity index is 533. The number of halogens is 2. The average molecular weight is 375 g/mol. The lowest BCUT2D eigenvalue weighted by Gasteiger charge is -2.29. The second kappa shape index (κ2) is 9.16. The highest BCUT2D eigenvalue weighted by Gasteiger charge is 2.19. The van der Waals surface area contributed by atoms with Gasteiger partial charge in [0.25, 0.3) is 0 Å². The van der Waals surface area contributed by atoms with Crippen LogP contribution >= 0.6 is 35.0 Å². The van der Waals surface area contributed by atoms with Gasteiger partial charge < -0.3 is 10.2 Å². The molecule has 1 unspecified atom stereocenters. The van der Waals surface area contributed by atoms with Crippen LogP contribution in [0.5, 0.6) is 0 Å². The smallest absolute Gasteiger partial charge is 0.233 e. The number of likely N-dealkylation sites (tertiary alicyclic amines) is 1. The van der Waals surface area contributed by atoms with Gasteiger partial charge in [0.05, 0.1) is 10.3 Å². The maximum atomic E-state index is 12.2. The van der Waals surface area contributed by atoms with Crippen molar-refractivity contribution in [3.63, 3.8) is 0 Å². The molecule has 6 heteroatoms. The van der Waals surface area contributed by atoms with Crippen LogP contribution in [0.15, 0.2) is 23.1 Å². The highest BCUT2D eigenvalue weighted by Crippen LogP contribution is 2.32. The molecule has 1 N–H and O–H groups in total. The molecule has 128 valence electrons. The maximum absolute atomic E-state index is 12.2. The van der Waals surface area contributed by atoms with Gasteiger partial charge in [0, 0.05) is 16.5 Å². The average Bonchev–Trinajstić information content (AvgIpc) is 2.52. The van der Waals surface area contributed by atoms with Crippen LogP contribution in [0.2, 0.25) is 10.0 Å². The fourth-order valence-electron chi connectivity index (χ4n) is 2.71. The van der Waals surface area contributed by atoms with Crippen molar-refractivity contribution in [1.82, 2.24) is 10.2 Å². The van der Waals surface area contributed by atoms with Crippen LogP contribution < -0.4 is 5.32 Å². The van der Waals surface area contributed by atoms with E-state index in [0.29, 0.717) is 10.0 Å². The van der Waals surface area contributed by atoms with Crippen LogP contribution in [0.3, 0.4) is 0 Å². The zero-order valence-corrected chi connectivity index (χ0v) is 16.0. The Morgan fingerprint density at radius 3 is 2.78 bits per heavy atom. The standard InChI is InChI=1S/C17H24Cl2N2OS/c1-12(23-16-11-14(18)3-4-15(16)19)17(22)20-8-5-13-6-9-21(2)10-7-13/h3-4,11-13H,5-10H2,1-2H3,(H,20,22). The normalized spacial score (nSPS) is 17.9. The molecular weight excluding hydrogens is 351 g/mol. The van der Waals surface area contributed by atoms with E-state index in [-0.39, 0.29) is 11.2 Å². The Morgan fingerprint density at radius 2 is 2.09 bits per heavy atom. The van der Waals surface area contributed by atoms with Crippen molar-refractivity contribution >= 4 is 40.9 Å². The van der Waals surface area contributed by atoms with Gasteiger partial charge >= 0.3 is 0 Å². The van der Waals surface area contributed by atoms with Crippen LogP contribution in [0.4, 0.5) is 0 Å². The molecule has 0 radical (unpaired) electrons. The molecule has 0 saturated carbocycles. The molecule has 0 spiro atoms. The van der Waals surface area contributed by atoms with Gasteiger partial charge in [0.15, 0.2) is 0 Å². The van der Waals surface area contributed by atoms with Gasteiger partial charge in [-0.25, -0.2) is 0 Å². The van der Waals surface area contributed by atoms with E-state index in [1.807, 2.05) is 6.92 Å². The molecule has 1 atom stereocenters. The van der Waals surface area contributed by atoms with Crippen molar-refractivity contribution in [1.29, 1.82) is 0 Å². The minimum Gasteiger partial charge on any atom is -0.355 e. The predicted octanol–water partition coefficient (Wildman–Crippen LogP) is 4.32. The fourth-order valence-corrected chi connectivity index (χ4v) is 4.14. The predicted molar refractivity (Wildman–Crippen MR) is 99.6 cm³/mol. The summed E-state index contributed by atoms with van der Waals surface area (Å²) >= 11 is 13.6. The lowest BCUT2D eigenvalue weighted by atomic mass is 9.94. The monoisotopic (exact) mass is 374 g/mol. The van der Waals surface area contributed by atoms with E-state index in [1.54, 1.807) is 18.2 Å². The molecule has 0 aromatic heterocycles. The number of thioether (sulfide) groups is 1. The summed E-state index contributed by atoms with van der Waals surface area (Å²) < 4.78 is 0. The molecule has 1 heterocycles. The zero-order valence-electron chi connectivity index (χ0n) is 13.6. The topological polar surface area (TPSA) is 32.3 Å². The zero-order chi connectivity index (χ0) is 16.8.